The van der Waals surface area contributed by atoms with Crippen molar-refractivity contribution in [2.75, 3.05) is 17.6 Å². The van der Waals surface area contributed by atoms with Crippen LogP contribution in [0, 0.1) is 6.92 Å². The number of hydrogen-bond donors (Lipinski definition) is 3. The quantitative estimate of drug-likeness (QED) is 0.678. The summed E-state index contributed by atoms with van der Waals surface area (Å²) < 4.78 is 0. The van der Waals surface area contributed by atoms with Gasteiger partial charge in [-0.25, -0.2) is 0 Å². The van der Waals surface area contributed by atoms with Crippen LogP contribution in [-0.2, 0) is 4.79 Å². The molecule has 0 heterocycles. The van der Waals surface area contributed by atoms with Crippen LogP contribution in [-0.4, -0.2) is 18.5 Å². The SMILES string of the molecule is CCC(C)NC(=O)CCNc1c(C)cccc1N. The molecule has 0 saturated carbocycles. The second-order valence-corrected chi connectivity index (χ2v) is 4.59. The number of hydrogen-bond acceptors (Lipinski definition) is 3. The molecule has 4 nitrogen and oxygen atoms in total. The second-order valence-electron chi connectivity index (χ2n) is 4.59. The van der Waals surface area contributed by atoms with Crippen molar-refractivity contribution in [1.29, 1.82) is 0 Å². The lowest BCUT2D eigenvalue weighted by atomic mass is 10.1. The third kappa shape index (κ3) is 4.28. The second kappa shape index (κ2) is 6.89. The molecule has 0 bridgehead atoms. The Morgan fingerprint density at radius 1 is 1.44 bits per heavy atom. The number of nitrogens with two attached hydrogens (primary N) is 1. The Morgan fingerprint density at radius 3 is 2.78 bits per heavy atom. The molecule has 0 aromatic heterocycles. The smallest absolute Gasteiger partial charge is 0.221 e. The fourth-order valence-corrected chi connectivity index (χ4v) is 1.68. The topological polar surface area (TPSA) is 67.2 Å². The number of nitrogens with one attached hydrogen (secondary N) is 2. The molecule has 1 unspecified atom stereocenters. The lowest BCUT2D eigenvalue weighted by molar-refractivity contribution is -0.121. The molecule has 0 radical (unpaired) electrons. The molecule has 1 amide bonds. The highest BCUT2D eigenvalue weighted by molar-refractivity contribution is 5.77. The summed E-state index contributed by atoms with van der Waals surface area (Å²) in [5, 5.41) is 6.15. The maximum absolute atomic E-state index is 11.6. The number of aryl methyl sites for hydroxylation is 1. The van der Waals surface area contributed by atoms with E-state index in [2.05, 4.69) is 17.6 Å². The van der Waals surface area contributed by atoms with Gasteiger partial charge >= 0.3 is 0 Å². The van der Waals surface area contributed by atoms with Gasteiger partial charge in [0.2, 0.25) is 5.91 Å². The van der Waals surface area contributed by atoms with Gasteiger partial charge < -0.3 is 16.4 Å². The molecule has 0 aliphatic carbocycles. The molecule has 18 heavy (non-hydrogen) atoms. The molecular weight excluding hydrogens is 226 g/mol. The lowest BCUT2D eigenvalue weighted by Gasteiger charge is -2.14. The fourth-order valence-electron chi connectivity index (χ4n) is 1.68. The summed E-state index contributed by atoms with van der Waals surface area (Å²) in [5.41, 5.74) is 8.62. The molecule has 0 aliphatic heterocycles. The Balaban J connectivity index is 2.40. The number of carbonyl (C=O) groups excluding carboxylic acids is 1. The molecule has 100 valence electrons. The van der Waals surface area contributed by atoms with E-state index in [1.165, 1.54) is 0 Å². The molecule has 1 rings (SSSR count). The Kier molecular flexibility index (Phi) is 5.49. The fraction of sp³-hybridized carbons (Fsp3) is 0.500. The number of anilines is 2. The molecule has 1 aromatic carbocycles. The summed E-state index contributed by atoms with van der Waals surface area (Å²) in [7, 11) is 0. The monoisotopic (exact) mass is 249 g/mol. The van der Waals surface area contributed by atoms with Crippen LogP contribution in [0.25, 0.3) is 0 Å². The predicted molar refractivity (Wildman–Crippen MR) is 76.6 cm³/mol. The van der Waals surface area contributed by atoms with Crippen LogP contribution >= 0.6 is 0 Å². The van der Waals surface area contributed by atoms with Crippen LogP contribution in [0.3, 0.4) is 0 Å². The van der Waals surface area contributed by atoms with Crippen molar-refractivity contribution in [3.8, 4) is 0 Å². The van der Waals surface area contributed by atoms with E-state index >= 15 is 0 Å². The highest BCUT2D eigenvalue weighted by Crippen LogP contribution is 2.22. The molecule has 0 saturated heterocycles. The Hall–Kier alpha value is -1.71. The van der Waals surface area contributed by atoms with E-state index in [9.17, 15) is 4.79 Å². The van der Waals surface area contributed by atoms with Crippen molar-refractivity contribution in [1.82, 2.24) is 5.32 Å². The third-order valence-electron chi connectivity index (χ3n) is 2.98. The van der Waals surface area contributed by atoms with E-state index in [1.807, 2.05) is 32.0 Å². The first-order chi connectivity index (χ1) is 8.54. The highest BCUT2D eigenvalue weighted by Gasteiger charge is 2.06. The van der Waals surface area contributed by atoms with Gasteiger partial charge in [-0.2, -0.15) is 0 Å². The number of amides is 1. The predicted octanol–water partition coefficient (Wildman–Crippen LogP) is 2.29. The molecule has 4 heteroatoms. The minimum Gasteiger partial charge on any atom is -0.397 e. The molecule has 0 aliphatic rings. The van der Waals surface area contributed by atoms with Gasteiger partial charge in [0.15, 0.2) is 0 Å². The number of benzene rings is 1. The van der Waals surface area contributed by atoms with Gasteiger partial charge in [0.1, 0.15) is 0 Å². The summed E-state index contributed by atoms with van der Waals surface area (Å²) in [6.07, 6.45) is 1.40. The van der Waals surface area contributed by atoms with E-state index in [0.29, 0.717) is 13.0 Å². The number of rotatable bonds is 6. The average Bonchev–Trinajstić information content (AvgIpc) is 2.32. The maximum Gasteiger partial charge on any atom is 0.221 e. The number of para-hydroxylation sites is 1. The number of nitrogen functional groups attached to an aromatic ring is 1. The van der Waals surface area contributed by atoms with E-state index in [1.54, 1.807) is 0 Å². The zero-order valence-corrected chi connectivity index (χ0v) is 11.4. The largest absolute Gasteiger partial charge is 0.397 e. The van der Waals surface area contributed by atoms with Crippen LogP contribution in [0.4, 0.5) is 11.4 Å². The van der Waals surface area contributed by atoms with Crippen molar-refractivity contribution in [2.45, 2.75) is 39.7 Å². The van der Waals surface area contributed by atoms with Gasteiger partial charge in [0, 0.05) is 19.0 Å². The summed E-state index contributed by atoms with van der Waals surface area (Å²) in [6.45, 7) is 6.65. The summed E-state index contributed by atoms with van der Waals surface area (Å²) in [4.78, 5) is 11.6. The first-order valence-corrected chi connectivity index (χ1v) is 6.43. The molecule has 4 N–H and O–H groups in total. The molecule has 1 aromatic rings. The molecule has 1 atom stereocenters. The number of carbonyl (C=O) groups is 1. The van der Waals surface area contributed by atoms with E-state index < -0.39 is 0 Å². The minimum absolute atomic E-state index is 0.0732. The van der Waals surface area contributed by atoms with Crippen molar-refractivity contribution >= 4 is 17.3 Å². The average molecular weight is 249 g/mol. The van der Waals surface area contributed by atoms with Crippen LogP contribution in [0.15, 0.2) is 18.2 Å². The van der Waals surface area contributed by atoms with Crippen LogP contribution in [0.1, 0.15) is 32.3 Å². The van der Waals surface area contributed by atoms with Gasteiger partial charge in [0.05, 0.1) is 11.4 Å². The van der Waals surface area contributed by atoms with Crippen LogP contribution < -0.4 is 16.4 Å². The van der Waals surface area contributed by atoms with Gasteiger partial charge in [-0.15, -0.1) is 0 Å². The molecule has 0 spiro atoms. The summed E-state index contributed by atoms with van der Waals surface area (Å²) >= 11 is 0. The molecular formula is C14H23N3O. The lowest BCUT2D eigenvalue weighted by Crippen LogP contribution is -2.33. The summed E-state index contributed by atoms with van der Waals surface area (Å²) in [5.74, 6) is 0.0732. The Morgan fingerprint density at radius 2 is 2.17 bits per heavy atom. The van der Waals surface area contributed by atoms with Crippen molar-refractivity contribution in [3.63, 3.8) is 0 Å². The molecule has 0 fully saturated rings. The zero-order valence-electron chi connectivity index (χ0n) is 11.4. The first kappa shape index (κ1) is 14.4. The normalized spacial score (nSPS) is 11.9. The standard InChI is InChI=1S/C14H23N3O/c1-4-11(3)17-13(18)8-9-16-14-10(2)6-5-7-12(14)15/h5-7,11,16H,4,8-9,15H2,1-3H3,(H,17,18). The first-order valence-electron chi connectivity index (χ1n) is 6.43. The minimum atomic E-state index is 0.0732. The van der Waals surface area contributed by atoms with Gasteiger partial charge in [-0.05, 0) is 31.9 Å². The van der Waals surface area contributed by atoms with Crippen molar-refractivity contribution in [3.05, 3.63) is 23.8 Å². The van der Waals surface area contributed by atoms with Gasteiger partial charge in [-0.3, -0.25) is 4.79 Å². The maximum atomic E-state index is 11.6. The zero-order chi connectivity index (χ0) is 13.5. The van der Waals surface area contributed by atoms with Gasteiger partial charge in [0.25, 0.3) is 0 Å². The van der Waals surface area contributed by atoms with Crippen LogP contribution in [0.2, 0.25) is 0 Å². The Labute approximate surface area is 109 Å². The summed E-state index contributed by atoms with van der Waals surface area (Å²) in [6, 6.07) is 6.01. The third-order valence-corrected chi connectivity index (χ3v) is 2.98. The van der Waals surface area contributed by atoms with Crippen LogP contribution in [0.5, 0.6) is 0 Å². The van der Waals surface area contributed by atoms with E-state index in [-0.39, 0.29) is 11.9 Å². The van der Waals surface area contributed by atoms with E-state index in [4.69, 9.17) is 5.73 Å². The van der Waals surface area contributed by atoms with Crippen molar-refractivity contribution in [2.24, 2.45) is 0 Å². The Bertz CT molecular complexity index is 384. The van der Waals surface area contributed by atoms with Gasteiger partial charge in [-0.1, -0.05) is 19.1 Å². The van der Waals surface area contributed by atoms with E-state index in [0.717, 1.165) is 23.4 Å². The van der Waals surface area contributed by atoms with Crippen molar-refractivity contribution < 1.29 is 4.79 Å². The highest BCUT2D eigenvalue weighted by atomic mass is 16.1.